The zero-order valence-electron chi connectivity index (χ0n) is 12.3. The Labute approximate surface area is 135 Å². The largest absolute Gasteiger partial charge is 0.389 e. The lowest BCUT2D eigenvalue weighted by Crippen LogP contribution is -2.39. The molecule has 1 heterocycles. The molecule has 0 aliphatic carbocycles. The van der Waals surface area contributed by atoms with Gasteiger partial charge >= 0.3 is 0 Å². The highest BCUT2D eigenvalue weighted by atomic mass is 32.1. The fraction of sp³-hybridized carbons (Fsp3) is 0.438. The number of thiocarbonyl (C=S) groups is 1. The maximum absolute atomic E-state index is 12.1. The van der Waals surface area contributed by atoms with Crippen LogP contribution in [0.3, 0.4) is 0 Å². The number of ketones is 1. The zero-order valence-corrected chi connectivity index (χ0v) is 13.1. The van der Waals surface area contributed by atoms with Gasteiger partial charge in [-0.2, -0.15) is 0 Å². The molecule has 5 nitrogen and oxygen atoms in total. The molecular weight excluding hydrogens is 300 g/mol. The average Bonchev–Trinajstić information content (AvgIpc) is 2.53. The molecule has 1 fully saturated rings. The molecule has 117 valence electrons. The Morgan fingerprint density at radius 2 is 1.64 bits per heavy atom. The van der Waals surface area contributed by atoms with Crippen molar-refractivity contribution in [2.24, 2.45) is 5.73 Å². The van der Waals surface area contributed by atoms with Crippen LogP contribution in [0.15, 0.2) is 24.3 Å². The molecule has 0 aromatic heterocycles. The minimum Gasteiger partial charge on any atom is -0.389 e. The van der Waals surface area contributed by atoms with Crippen LogP contribution in [0.4, 0.5) is 0 Å². The van der Waals surface area contributed by atoms with Crippen molar-refractivity contribution in [1.29, 1.82) is 0 Å². The molecule has 0 bridgehead atoms. The summed E-state index contributed by atoms with van der Waals surface area (Å²) < 4.78 is 0. The second-order valence-corrected chi connectivity index (χ2v) is 5.88. The fourth-order valence-corrected chi connectivity index (χ4v) is 2.58. The molecule has 1 saturated heterocycles. The Hall–Kier alpha value is -1.79. The van der Waals surface area contributed by atoms with Crippen molar-refractivity contribution in [3.63, 3.8) is 0 Å². The minimum absolute atomic E-state index is 0.0555. The van der Waals surface area contributed by atoms with Crippen LogP contribution in [0, 0.1) is 0 Å². The summed E-state index contributed by atoms with van der Waals surface area (Å²) in [5.41, 5.74) is 6.76. The normalized spacial score (nSPS) is 15.6. The van der Waals surface area contributed by atoms with Gasteiger partial charge in [-0.25, -0.2) is 5.11 Å². The number of carbonyl (C=O) groups is 2. The molecule has 0 saturated carbocycles. The maximum atomic E-state index is 12.1. The third-order valence-electron chi connectivity index (χ3n) is 3.85. The SMILES string of the molecule is NC(=S)c1ccc(C(=O)CCC(=O)N2CCC([O])CC2)cc1. The monoisotopic (exact) mass is 319 g/mol. The van der Waals surface area contributed by atoms with Gasteiger partial charge in [-0.3, -0.25) is 9.59 Å². The predicted octanol–water partition coefficient (Wildman–Crippen LogP) is 1.71. The molecule has 6 heteroatoms. The van der Waals surface area contributed by atoms with Crippen molar-refractivity contribution >= 4 is 28.9 Å². The number of Topliss-reactive ketones (excluding diaryl/α,β-unsaturated/α-hetero) is 1. The summed E-state index contributed by atoms with van der Waals surface area (Å²) in [5.74, 6) is -0.137. The van der Waals surface area contributed by atoms with Crippen molar-refractivity contribution in [2.75, 3.05) is 13.1 Å². The molecule has 1 amide bonds. The number of hydrogen-bond donors (Lipinski definition) is 1. The fourth-order valence-electron chi connectivity index (χ4n) is 2.45. The first-order valence-electron chi connectivity index (χ1n) is 7.34. The third-order valence-corrected chi connectivity index (χ3v) is 4.09. The summed E-state index contributed by atoms with van der Waals surface area (Å²) in [6, 6.07) is 6.75. The Morgan fingerprint density at radius 3 is 2.18 bits per heavy atom. The summed E-state index contributed by atoms with van der Waals surface area (Å²) in [6.45, 7) is 1.01. The van der Waals surface area contributed by atoms with Crippen LogP contribution < -0.4 is 5.73 Å². The highest BCUT2D eigenvalue weighted by molar-refractivity contribution is 7.80. The Balaban J connectivity index is 1.84. The molecule has 0 unspecified atom stereocenters. The van der Waals surface area contributed by atoms with Crippen LogP contribution in [-0.4, -0.2) is 40.8 Å². The molecule has 1 aliphatic rings. The van der Waals surface area contributed by atoms with Gasteiger partial charge in [0, 0.05) is 37.1 Å². The van der Waals surface area contributed by atoms with E-state index in [1.54, 1.807) is 29.2 Å². The lowest BCUT2D eigenvalue weighted by Gasteiger charge is -2.28. The summed E-state index contributed by atoms with van der Waals surface area (Å²) in [4.78, 5) is 26.1. The molecule has 1 aromatic rings. The smallest absolute Gasteiger partial charge is 0.223 e. The number of benzene rings is 1. The van der Waals surface area contributed by atoms with Gasteiger partial charge in [-0.1, -0.05) is 36.5 Å². The summed E-state index contributed by atoms with van der Waals surface area (Å²) >= 11 is 4.86. The quantitative estimate of drug-likeness (QED) is 0.661. The number of amides is 1. The lowest BCUT2D eigenvalue weighted by atomic mass is 10.0. The van der Waals surface area contributed by atoms with Crippen LogP contribution in [0.1, 0.15) is 41.6 Å². The van der Waals surface area contributed by atoms with E-state index in [-0.39, 0.29) is 29.5 Å². The number of nitrogens with zero attached hydrogens (tertiary/aromatic N) is 1. The summed E-state index contributed by atoms with van der Waals surface area (Å²) in [7, 11) is 0. The van der Waals surface area contributed by atoms with Crippen LogP contribution >= 0.6 is 12.2 Å². The first kappa shape index (κ1) is 16.6. The van der Waals surface area contributed by atoms with E-state index in [0.717, 1.165) is 0 Å². The van der Waals surface area contributed by atoms with Crippen LogP contribution in [0.5, 0.6) is 0 Å². The minimum atomic E-state index is -0.558. The number of hydrogen-bond acceptors (Lipinski definition) is 3. The number of likely N-dealkylation sites (tertiary alicyclic amines) is 1. The van der Waals surface area contributed by atoms with Crippen molar-refractivity contribution in [2.45, 2.75) is 31.8 Å². The van der Waals surface area contributed by atoms with Crippen LogP contribution in [0.25, 0.3) is 0 Å². The molecule has 2 rings (SSSR count). The molecular formula is C16H19N2O3S. The van der Waals surface area contributed by atoms with Gasteiger partial charge < -0.3 is 10.6 Å². The lowest BCUT2D eigenvalue weighted by molar-refractivity contribution is -0.133. The van der Waals surface area contributed by atoms with E-state index in [4.69, 9.17) is 18.0 Å². The second-order valence-electron chi connectivity index (χ2n) is 5.44. The first-order chi connectivity index (χ1) is 10.5. The van der Waals surface area contributed by atoms with Gasteiger partial charge in [0.15, 0.2) is 5.78 Å². The van der Waals surface area contributed by atoms with Gasteiger partial charge in [0.1, 0.15) is 4.99 Å². The zero-order chi connectivity index (χ0) is 16.1. The van der Waals surface area contributed by atoms with E-state index in [1.807, 2.05) is 0 Å². The van der Waals surface area contributed by atoms with Crippen molar-refractivity contribution < 1.29 is 14.7 Å². The van der Waals surface area contributed by atoms with Crippen LogP contribution in [-0.2, 0) is 9.90 Å². The molecule has 1 aromatic carbocycles. The third kappa shape index (κ3) is 4.35. The van der Waals surface area contributed by atoms with Gasteiger partial charge in [-0.05, 0) is 12.8 Å². The molecule has 0 spiro atoms. The first-order valence-corrected chi connectivity index (χ1v) is 7.75. The Bertz CT molecular complexity index is 563. The van der Waals surface area contributed by atoms with E-state index in [9.17, 15) is 14.7 Å². The summed E-state index contributed by atoms with van der Waals surface area (Å²) in [6.07, 6.45) is 0.792. The highest BCUT2D eigenvalue weighted by Gasteiger charge is 2.22. The van der Waals surface area contributed by atoms with Gasteiger partial charge in [0.05, 0.1) is 6.10 Å². The standard InChI is InChI=1S/C16H19N2O3S/c17-16(22)12-3-1-11(2-4-12)14(20)5-6-15(21)18-9-7-13(19)8-10-18/h1-4,13H,5-10H2,(H2,17,22). The summed E-state index contributed by atoms with van der Waals surface area (Å²) in [5, 5.41) is 11.2. The predicted molar refractivity (Wildman–Crippen MR) is 86.2 cm³/mol. The molecule has 22 heavy (non-hydrogen) atoms. The Morgan fingerprint density at radius 1 is 1.09 bits per heavy atom. The van der Waals surface area contributed by atoms with Gasteiger partial charge in [0.25, 0.3) is 0 Å². The van der Waals surface area contributed by atoms with Crippen LogP contribution in [0.2, 0.25) is 0 Å². The number of carbonyl (C=O) groups excluding carboxylic acids is 2. The van der Waals surface area contributed by atoms with E-state index < -0.39 is 6.10 Å². The maximum Gasteiger partial charge on any atom is 0.223 e. The second kappa shape index (κ2) is 7.47. The number of piperidine rings is 1. The molecule has 2 N–H and O–H groups in total. The van der Waals surface area contributed by atoms with E-state index in [2.05, 4.69) is 0 Å². The molecule has 1 radical (unpaired) electrons. The van der Waals surface area contributed by atoms with Crippen molar-refractivity contribution in [3.8, 4) is 0 Å². The van der Waals surface area contributed by atoms with E-state index in [1.165, 1.54) is 0 Å². The Kier molecular flexibility index (Phi) is 5.63. The van der Waals surface area contributed by atoms with Gasteiger partial charge in [-0.15, -0.1) is 0 Å². The number of rotatable bonds is 5. The molecule has 1 aliphatic heterocycles. The highest BCUT2D eigenvalue weighted by Crippen LogP contribution is 2.14. The average molecular weight is 319 g/mol. The molecule has 0 atom stereocenters. The van der Waals surface area contributed by atoms with E-state index in [0.29, 0.717) is 37.1 Å². The van der Waals surface area contributed by atoms with Gasteiger partial charge in [0.2, 0.25) is 5.91 Å². The van der Waals surface area contributed by atoms with E-state index >= 15 is 0 Å². The number of nitrogens with two attached hydrogens (primary N) is 1. The topological polar surface area (TPSA) is 83.3 Å². The van der Waals surface area contributed by atoms with Crippen molar-refractivity contribution in [3.05, 3.63) is 35.4 Å². The van der Waals surface area contributed by atoms with Crippen molar-refractivity contribution in [1.82, 2.24) is 4.90 Å².